The van der Waals surface area contributed by atoms with Gasteiger partial charge in [-0.2, -0.15) is 5.10 Å². The monoisotopic (exact) mass is 480 g/mol. The minimum atomic E-state index is -0.704. The van der Waals surface area contributed by atoms with Crippen molar-refractivity contribution in [2.24, 2.45) is 5.10 Å². The van der Waals surface area contributed by atoms with Gasteiger partial charge in [-0.3, -0.25) is 19.7 Å². The summed E-state index contributed by atoms with van der Waals surface area (Å²) in [6.07, 6.45) is 2.72. The van der Waals surface area contributed by atoms with Crippen molar-refractivity contribution in [3.8, 4) is 11.5 Å². The molecule has 0 bridgehead atoms. The molecule has 3 aromatic rings. The van der Waals surface area contributed by atoms with E-state index in [4.69, 9.17) is 9.47 Å². The zero-order valence-electron chi connectivity index (χ0n) is 18.2. The van der Waals surface area contributed by atoms with Crippen LogP contribution in [0.25, 0.3) is 6.08 Å². The fraction of sp³-hybridized carbons (Fsp3) is 0.0870. The van der Waals surface area contributed by atoms with Crippen molar-refractivity contribution in [1.82, 2.24) is 10.7 Å². The number of carbonyl (C=O) groups is 2. The molecule has 0 spiro atoms. The SMILES string of the molecule is COc1ccc(/C=C(/NC(=O)c2ccccc2)C(=O)N/N=C/c2ccc([N+](=O)[O-])s2)c(OC)c1. The minimum absolute atomic E-state index is 0.0462. The lowest BCUT2D eigenvalue weighted by Gasteiger charge is -2.11. The van der Waals surface area contributed by atoms with Gasteiger partial charge in [0.25, 0.3) is 11.8 Å². The molecule has 0 unspecified atom stereocenters. The van der Waals surface area contributed by atoms with Crippen molar-refractivity contribution in [3.63, 3.8) is 0 Å². The van der Waals surface area contributed by atoms with Crippen molar-refractivity contribution >= 4 is 40.4 Å². The van der Waals surface area contributed by atoms with Crippen LogP contribution in [0.2, 0.25) is 0 Å². The lowest BCUT2D eigenvalue weighted by atomic mass is 10.1. The van der Waals surface area contributed by atoms with Crippen molar-refractivity contribution in [1.29, 1.82) is 0 Å². The van der Waals surface area contributed by atoms with Crippen molar-refractivity contribution in [2.75, 3.05) is 14.2 Å². The number of amides is 2. The molecule has 0 aliphatic carbocycles. The van der Waals surface area contributed by atoms with E-state index in [1.807, 2.05) is 0 Å². The number of nitrogens with one attached hydrogen (secondary N) is 2. The van der Waals surface area contributed by atoms with E-state index in [0.29, 0.717) is 27.5 Å². The van der Waals surface area contributed by atoms with Crippen LogP contribution in [0.4, 0.5) is 5.00 Å². The van der Waals surface area contributed by atoms with E-state index in [-0.39, 0.29) is 10.7 Å². The summed E-state index contributed by atoms with van der Waals surface area (Å²) in [5, 5.41) is 17.2. The number of hydrogen-bond acceptors (Lipinski definition) is 8. The van der Waals surface area contributed by atoms with Crippen molar-refractivity contribution in [2.45, 2.75) is 0 Å². The van der Waals surface area contributed by atoms with E-state index >= 15 is 0 Å². The number of nitro groups is 1. The molecule has 10 nitrogen and oxygen atoms in total. The highest BCUT2D eigenvalue weighted by Crippen LogP contribution is 2.26. The first-order valence-corrected chi connectivity index (χ1v) is 10.6. The van der Waals surface area contributed by atoms with Crippen LogP contribution in [0.3, 0.4) is 0 Å². The molecule has 174 valence electrons. The number of rotatable bonds is 9. The van der Waals surface area contributed by atoms with Crippen molar-refractivity contribution in [3.05, 3.63) is 92.5 Å². The Balaban J connectivity index is 1.86. The second kappa shape index (κ2) is 11.4. The molecule has 2 N–H and O–H groups in total. The van der Waals surface area contributed by atoms with Gasteiger partial charge in [-0.15, -0.1) is 0 Å². The Morgan fingerprint density at radius 2 is 1.82 bits per heavy atom. The summed E-state index contributed by atoms with van der Waals surface area (Å²) in [4.78, 5) is 36.3. The molecule has 34 heavy (non-hydrogen) atoms. The lowest BCUT2D eigenvalue weighted by molar-refractivity contribution is -0.380. The molecule has 0 fully saturated rings. The Bertz CT molecular complexity index is 1250. The molecule has 0 aliphatic rings. The standard InChI is InChI=1S/C23H20N4O6S/c1-32-17-9-8-16(20(13-17)33-2)12-19(25-22(28)15-6-4-3-5-7-15)23(29)26-24-14-18-10-11-21(34-18)27(30)31/h3-14H,1-2H3,(H,25,28)(H,26,29)/b19-12+,24-14+. The number of carbonyl (C=O) groups excluding carboxylic acids is 2. The Kier molecular flexibility index (Phi) is 8.08. The quantitative estimate of drug-likeness (QED) is 0.208. The first-order chi connectivity index (χ1) is 16.4. The van der Waals surface area contributed by atoms with E-state index in [1.54, 1.807) is 48.5 Å². The maximum Gasteiger partial charge on any atom is 0.324 e. The number of ether oxygens (including phenoxy) is 2. The number of nitrogens with zero attached hydrogens (tertiary/aromatic N) is 2. The van der Waals surface area contributed by atoms with Crippen molar-refractivity contribution < 1.29 is 24.0 Å². The zero-order valence-corrected chi connectivity index (χ0v) is 19.0. The smallest absolute Gasteiger partial charge is 0.324 e. The summed E-state index contributed by atoms with van der Waals surface area (Å²) in [7, 11) is 2.99. The molecule has 2 aromatic carbocycles. The predicted octanol–water partition coefficient (Wildman–Crippen LogP) is 3.59. The predicted molar refractivity (Wildman–Crippen MR) is 128 cm³/mol. The number of hydrazone groups is 1. The first-order valence-electron chi connectivity index (χ1n) is 9.79. The van der Waals surface area contributed by atoms with Crippen LogP contribution in [-0.2, 0) is 4.79 Å². The summed E-state index contributed by atoms with van der Waals surface area (Å²) in [6.45, 7) is 0. The van der Waals surface area contributed by atoms with Gasteiger partial charge >= 0.3 is 5.00 Å². The number of hydrogen-bond donors (Lipinski definition) is 2. The highest BCUT2D eigenvalue weighted by molar-refractivity contribution is 7.16. The van der Waals surface area contributed by atoms with Gasteiger partial charge in [0.2, 0.25) is 0 Å². The molecule has 0 saturated heterocycles. The first kappa shape index (κ1) is 24.1. The van der Waals surface area contributed by atoms with Gasteiger partial charge in [0.05, 0.1) is 30.2 Å². The van der Waals surface area contributed by atoms with Gasteiger partial charge in [-0.05, 0) is 36.4 Å². The highest BCUT2D eigenvalue weighted by atomic mass is 32.1. The molecular formula is C23H20N4O6S. The average Bonchev–Trinajstić information content (AvgIpc) is 3.33. The van der Waals surface area contributed by atoms with Crippen LogP contribution >= 0.6 is 11.3 Å². The molecule has 3 rings (SSSR count). The lowest BCUT2D eigenvalue weighted by Crippen LogP contribution is -2.32. The van der Waals surface area contributed by atoms with Gasteiger partial charge < -0.3 is 14.8 Å². The molecule has 1 heterocycles. The summed E-state index contributed by atoms with van der Waals surface area (Å²) in [6, 6.07) is 16.3. The van der Waals surface area contributed by atoms with Gasteiger partial charge in [-0.1, -0.05) is 29.5 Å². The highest BCUT2D eigenvalue weighted by Gasteiger charge is 2.16. The van der Waals surface area contributed by atoms with Crippen LogP contribution in [0.5, 0.6) is 11.5 Å². The Morgan fingerprint density at radius 1 is 1.06 bits per heavy atom. The van der Waals surface area contributed by atoms with Crippen LogP contribution in [0, 0.1) is 10.1 Å². The fourth-order valence-corrected chi connectivity index (χ4v) is 3.45. The maximum atomic E-state index is 12.9. The van der Waals surface area contributed by atoms with E-state index in [1.165, 1.54) is 38.6 Å². The fourth-order valence-electron chi connectivity index (χ4n) is 2.76. The van der Waals surface area contributed by atoms with E-state index in [2.05, 4.69) is 15.8 Å². The largest absolute Gasteiger partial charge is 0.497 e. The van der Waals surface area contributed by atoms with Gasteiger partial charge in [-0.25, -0.2) is 5.43 Å². The minimum Gasteiger partial charge on any atom is -0.497 e. The molecule has 0 atom stereocenters. The van der Waals surface area contributed by atoms with Crippen LogP contribution in [0.1, 0.15) is 20.8 Å². The second-order valence-electron chi connectivity index (χ2n) is 6.62. The van der Waals surface area contributed by atoms with Crippen LogP contribution in [0.15, 0.2) is 71.5 Å². The Morgan fingerprint density at radius 3 is 2.47 bits per heavy atom. The molecule has 11 heteroatoms. The third kappa shape index (κ3) is 6.26. The molecule has 2 amide bonds. The molecule has 0 radical (unpaired) electrons. The average molecular weight is 481 g/mol. The van der Waals surface area contributed by atoms with E-state index in [0.717, 1.165) is 11.3 Å². The normalized spacial score (nSPS) is 11.2. The Labute approximate surface area is 198 Å². The molecule has 0 saturated carbocycles. The molecule has 1 aromatic heterocycles. The zero-order chi connectivity index (χ0) is 24.5. The summed E-state index contributed by atoms with van der Waals surface area (Å²) in [5.74, 6) is -0.215. The molecule has 0 aliphatic heterocycles. The van der Waals surface area contributed by atoms with E-state index < -0.39 is 16.7 Å². The third-order valence-corrected chi connectivity index (χ3v) is 5.39. The van der Waals surface area contributed by atoms with Gasteiger partial charge in [0.1, 0.15) is 17.2 Å². The maximum absolute atomic E-state index is 12.9. The number of benzene rings is 2. The number of thiophene rings is 1. The molecular weight excluding hydrogens is 460 g/mol. The summed E-state index contributed by atoms with van der Waals surface area (Å²) in [5.41, 5.74) is 3.11. The van der Waals surface area contributed by atoms with Gasteiger partial charge in [0.15, 0.2) is 0 Å². The van der Waals surface area contributed by atoms with E-state index in [9.17, 15) is 19.7 Å². The topological polar surface area (TPSA) is 132 Å². The van der Waals surface area contributed by atoms with Gasteiger partial charge in [0, 0.05) is 23.3 Å². The second-order valence-corrected chi connectivity index (χ2v) is 7.71. The third-order valence-electron chi connectivity index (χ3n) is 4.42. The Hall–Kier alpha value is -4.51. The summed E-state index contributed by atoms with van der Waals surface area (Å²) >= 11 is 0.908. The summed E-state index contributed by atoms with van der Waals surface area (Å²) < 4.78 is 10.6. The number of methoxy groups -OCH3 is 2. The van der Waals surface area contributed by atoms with Crippen LogP contribution < -0.4 is 20.2 Å². The van der Waals surface area contributed by atoms with Crippen LogP contribution in [-0.4, -0.2) is 37.2 Å².